The molecule has 20 heavy (non-hydrogen) atoms. The Kier molecular flexibility index (Phi) is 3.41. The lowest BCUT2D eigenvalue weighted by Crippen LogP contribution is -2.26. The summed E-state index contributed by atoms with van der Waals surface area (Å²) in [6, 6.07) is 8.50. The SMILES string of the molecule is COc1cncc(N(Cc2cccc(N)c2)C2CC2)n1. The molecule has 5 heteroatoms. The molecule has 3 rings (SSSR count). The molecule has 0 amide bonds. The molecular formula is C15H18N4O. The molecular weight excluding hydrogens is 252 g/mol. The van der Waals surface area contributed by atoms with E-state index in [0.717, 1.165) is 18.1 Å². The summed E-state index contributed by atoms with van der Waals surface area (Å²) >= 11 is 0. The van der Waals surface area contributed by atoms with Crippen molar-refractivity contribution in [3.63, 3.8) is 0 Å². The Labute approximate surface area is 118 Å². The van der Waals surface area contributed by atoms with Crippen molar-refractivity contribution >= 4 is 11.5 Å². The molecule has 0 radical (unpaired) electrons. The molecule has 104 valence electrons. The number of hydrogen-bond acceptors (Lipinski definition) is 5. The van der Waals surface area contributed by atoms with Crippen LogP contribution in [0.3, 0.4) is 0 Å². The predicted molar refractivity (Wildman–Crippen MR) is 78.6 cm³/mol. The fourth-order valence-electron chi connectivity index (χ4n) is 2.25. The minimum Gasteiger partial charge on any atom is -0.480 e. The largest absolute Gasteiger partial charge is 0.480 e. The molecule has 0 spiro atoms. The fourth-order valence-corrected chi connectivity index (χ4v) is 2.25. The smallest absolute Gasteiger partial charge is 0.233 e. The molecule has 0 saturated heterocycles. The first-order valence-corrected chi connectivity index (χ1v) is 6.73. The van der Waals surface area contributed by atoms with Crippen molar-refractivity contribution in [2.24, 2.45) is 0 Å². The van der Waals surface area contributed by atoms with Crippen LogP contribution in [0.2, 0.25) is 0 Å². The van der Waals surface area contributed by atoms with E-state index in [-0.39, 0.29) is 0 Å². The van der Waals surface area contributed by atoms with E-state index in [0.29, 0.717) is 11.9 Å². The summed E-state index contributed by atoms with van der Waals surface area (Å²) in [6.45, 7) is 0.789. The summed E-state index contributed by atoms with van der Waals surface area (Å²) in [5.74, 6) is 1.40. The first-order chi connectivity index (χ1) is 9.76. The van der Waals surface area contributed by atoms with Gasteiger partial charge in [-0.25, -0.2) is 0 Å². The molecule has 1 aromatic carbocycles. The standard InChI is InChI=1S/C15H18N4O/c1-20-15-9-17-8-14(18-15)19(13-5-6-13)10-11-3-2-4-12(16)7-11/h2-4,7-9,13H,5-6,10,16H2,1H3. The van der Waals surface area contributed by atoms with Gasteiger partial charge in [0.25, 0.3) is 0 Å². The Morgan fingerprint density at radius 2 is 2.20 bits per heavy atom. The van der Waals surface area contributed by atoms with Crippen molar-refractivity contribution in [1.82, 2.24) is 9.97 Å². The van der Waals surface area contributed by atoms with Gasteiger partial charge in [-0.1, -0.05) is 12.1 Å². The van der Waals surface area contributed by atoms with Crippen LogP contribution in [0.1, 0.15) is 18.4 Å². The summed E-state index contributed by atoms with van der Waals surface area (Å²) < 4.78 is 5.15. The van der Waals surface area contributed by atoms with Gasteiger partial charge in [-0.3, -0.25) is 4.98 Å². The third-order valence-corrected chi connectivity index (χ3v) is 3.39. The molecule has 2 N–H and O–H groups in total. The summed E-state index contributed by atoms with van der Waals surface area (Å²) in [6.07, 6.45) is 5.80. The van der Waals surface area contributed by atoms with Crippen molar-refractivity contribution in [1.29, 1.82) is 0 Å². The van der Waals surface area contributed by atoms with E-state index in [1.807, 2.05) is 18.2 Å². The Hall–Kier alpha value is -2.30. The summed E-state index contributed by atoms with van der Waals surface area (Å²) in [4.78, 5) is 10.9. The van der Waals surface area contributed by atoms with Gasteiger partial charge in [-0.2, -0.15) is 4.98 Å². The second kappa shape index (κ2) is 5.36. The number of rotatable bonds is 5. The number of aromatic nitrogens is 2. The number of hydrogen-bond donors (Lipinski definition) is 1. The van der Waals surface area contributed by atoms with E-state index in [4.69, 9.17) is 10.5 Å². The topological polar surface area (TPSA) is 64.3 Å². The van der Waals surface area contributed by atoms with E-state index < -0.39 is 0 Å². The highest BCUT2D eigenvalue weighted by Gasteiger charge is 2.30. The molecule has 0 unspecified atom stereocenters. The Bertz CT molecular complexity index is 598. The molecule has 1 saturated carbocycles. The predicted octanol–water partition coefficient (Wildman–Crippen LogP) is 2.24. The molecule has 2 aromatic rings. The van der Waals surface area contributed by atoms with Crippen LogP contribution in [0.15, 0.2) is 36.7 Å². The fraction of sp³-hybridized carbons (Fsp3) is 0.333. The third kappa shape index (κ3) is 2.82. The molecule has 5 nitrogen and oxygen atoms in total. The van der Waals surface area contributed by atoms with Gasteiger partial charge < -0.3 is 15.4 Å². The first-order valence-electron chi connectivity index (χ1n) is 6.73. The van der Waals surface area contributed by atoms with Crippen LogP contribution in [-0.2, 0) is 6.54 Å². The molecule has 1 aliphatic carbocycles. The van der Waals surface area contributed by atoms with Gasteiger partial charge in [0.2, 0.25) is 5.88 Å². The number of anilines is 2. The normalized spacial score (nSPS) is 14.1. The molecule has 1 heterocycles. The Morgan fingerprint density at radius 3 is 2.90 bits per heavy atom. The van der Waals surface area contributed by atoms with E-state index in [9.17, 15) is 0 Å². The summed E-state index contributed by atoms with van der Waals surface area (Å²) in [7, 11) is 1.60. The first kappa shape index (κ1) is 12.7. The van der Waals surface area contributed by atoms with Gasteiger partial charge in [0, 0.05) is 18.3 Å². The molecule has 1 fully saturated rings. The molecule has 0 aliphatic heterocycles. The molecule has 0 atom stereocenters. The lowest BCUT2D eigenvalue weighted by molar-refractivity contribution is 0.395. The number of nitrogens with two attached hydrogens (primary N) is 1. The highest BCUT2D eigenvalue weighted by atomic mass is 16.5. The lowest BCUT2D eigenvalue weighted by atomic mass is 10.2. The lowest BCUT2D eigenvalue weighted by Gasteiger charge is -2.23. The number of ether oxygens (including phenoxy) is 1. The average molecular weight is 270 g/mol. The number of benzene rings is 1. The number of nitrogens with zero attached hydrogens (tertiary/aromatic N) is 3. The molecule has 1 aromatic heterocycles. The van der Waals surface area contributed by atoms with Gasteiger partial charge in [0.1, 0.15) is 0 Å². The zero-order valence-corrected chi connectivity index (χ0v) is 11.5. The number of methoxy groups -OCH3 is 1. The van der Waals surface area contributed by atoms with Gasteiger partial charge in [-0.15, -0.1) is 0 Å². The highest BCUT2D eigenvalue weighted by molar-refractivity contribution is 5.45. The van der Waals surface area contributed by atoms with Gasteiger partial charge in [0.15, 0.2) is 5.82 Å². The van der Waals surface area contributed by atoms with Crippen LogP contribution < -0.4 is 15.4 Å². The van der Waals surface area contributed by atoms with Crippen molar-refractivity contribution in [2.75, 3.05) is 17.7 Å². The van der Waals surface area contributed by atoms with Crippen LogP contribution in [0.5, 0.6) is 5.88 Å². The number of nitrogen functional groups attached to an aromatic ring is 1. The van der Waals surface area contributed by atoms with E-state index >= 15 is 0 Å². The van der Waals surface area contributed by atoms with Crippen molar-refractivity contribution in [3.8, 4) is 5.88 Å². The third-order valence-electron chi connectivity index (χ3n) is 3.39. The Balaban J connectivity index is 1.85. The maximum absolute atomic E-state index is 5.84. The maximum atomic E-state index is 5.84. The van der Waals surface area contributed by atoms with E-state index in [2.05, 4.69) is 20.9 Å². The van der Waals surface area contributed by atoms with Crippen molar-refractivity contribution < 1.29 is 4.74 Å². The monoisotopic (exact) mass is 270 g/mol. The van der Waals surface area contributed by atoms with Crippen LogP contribution >= 0.6 is 0 Å². The van der Waals surface area contributed by atoms with E-state index in [1.54, 1.807) is 19.5 Å². The molecule has 0 bridgehead atoms. The van der Waals surface area contributed by atoms with Crippen LogP contribution in [0.25, 0.3) is 0 Å². The maximum Gasteiger partial charge on any atom is 0.233 e. The van der Waals surface area contributed by atoms with Crippen LogP contribution in [0, 0.1) is 0 Å². The van der Waals surface area contributed by atoms with Gasteiger partial charge in [-0.05, 0) is 30.5 Å². The van der Waals surface area contributed by atoms with Crippen LogP contribution in [-0.4, -0.2) is 23.1 Å². The Morgan fingerprint density at radius 1 is 1.35 bits per heavy atom. The summed E-state index contributed by atoms with van der Waals surface area (Å²) in [5.41, 5.74) is 7.81. The quantitative estimate of drug-likeness (QED) is 0.844. The van der Waals surface area contributed by atoms with Crippen molar-refractivity contribution in [2.45, 2.75) is 25.4 Å². The summed E-state index contributed by atoms with van der Waals surface area (Å²) in [5, 5.41) is 0. The second-order valence-corrected chi connectivity index (χ2v) is 5.02. The second-order valence-electron chi connectivity index (χ2n) is 5.02. The average Bonchev–Trinajstić information content (AvgIpc) is 3.29. The van der Waals surface area contributed by atoms with E-state index in [1.165, 1.54) is 18.4 Å². The molecule has 1 aliphatic rings. The van der Waals surface area contributed by atoms with Crippen LogP contribution in [0.4, 0.5) is 11.5 Å². The minimum atomic E-state index is 0.540. The van der Waals surface area contributed by atoms with Gasteiger partial charge >= 0.3 is 0 Å². The zero-order valence-electron chi connectivity index (χ0n) is 11.5. The zero-order chi connectivity index (χ0) is 13.9. The van der Waals surface area contributed by atoms with Gasteiger partial charge in [0.05, 0.1) is 19.5 Å². The van der Waals surface area contributed by atoms with Crippen molar-refractivity contribution in [3.05, 3.63) is 42.2 Å². The highest BCUT2D eigenvalue weighted by Crippen LogP contribution is 2.32. The minimum absolute atomic E-state index is 0.540.